The lowest BCUT2D eigenvalue weighted by molar-refractivity contribution is -0.385. The number of aromatic nitrogens is 2. The standard InChI is InChI=1S/C10H8ClN3O2/c1-5-3-4-7-8(11)9(14(15)16)6(2)13-10(7)12-5/h3-4H,1-2H3. The molecule has 0 N–H and O–H groups in total. The zero-order chi connectivity index (χ0) is 11.9. The van der Waals surface area contributed by atoms with Crippen LogP contribution in [0.2, 0.25) is 5.02 Å². The number of nitro groups is 1. The van der Waals surface area contributed by atoms with Crippen molar-refractivity contribution in [1.29, 1.82) is 0 Å². The van der Waals surface area contributed by atoms with Gasteiger partial charge in [0.1, 0.15) is 10.7 Å². The van der Waals surface area contributed by atoms with Gasteiger partial charge < -0.3 is 0 Å². The molecule has 0 amide bonds. The number of hydrogen-bond donors (Lipinski definition) is 0. The minimum atomic E-state index is -0.524. The smallest absolute Gasteiger partial charge is 0.258 e. The van der Waals surface area contributed by atoms with Crippen molar-refractivity contribution in [2.45, 2.75) is 13.8 Å². The molecule has 0 aliphatic heterocycles. The monoisotopic (exact) mass is 237 g/mol. The van der Waals surface area contributed by atoms with E-state index in [1.807, 2.05) is 6.92 Å². The van der Waals surface area contributed by atoms with Gasteiger partial charge in [-0.25, -0.2) is 9.97 Å². The van der Waals surface area contributed by atoms with Crippen LogP contribution in [0, 0.1) is 24.0 Å². The van der Waals surface area contributed by atoms with Crippen LogP contribution in [0.3, 0.4) is 0 Å². The lowest BCUT2D eigenvalue weighted by atomic mass is 10.2. The summed E-state index contributed by atoms with van der Waals surface area (Å²) in [5.74, 6) is 0. The van der Waals surface area contributed by atoms with Gasteiger partial charge in [0.15, 0.2) is 5.65 Å². The molecular formula is C10H8ClN3O2. The van der Waals surface area contributed by atoms with E-state index in [1.54, 1.807) is 19.1 Å². The van der Waals surface area contributed by atoms with Gasteiger partial charge in [0, 0.05) is 11.1 Å². The predicted octanol–water partition coefficient (Wildman–Crippen LogP) is 2.81. The molecule has 2 aromatic heterocycles. The van der Waals surface area contributed by atoms with Crippen LogP contribution in [-0.2, 0) is 0 Å². The van der Waals surface area contributed by atoms with E-state index in [0.29, 0.717) is 11.0 Å². The maximum atomic E-state index is 10.8. The van der Waals surface area contributed by atoms with Gasteiger partial charge in [0.2, 0.25) is 0 Å². The minimum absolute atomic E-state index is 0.0972. The molecule has 0 saturated carbocycles. The number of hydrogen-bond acceptors (Lipinski definition) is 4. The van der Waals surface area contributed by atoms with E-state index in [-0.39, 0.29) is 16.4 Å². The lowest BCUT2D eigenvalue weighted by Gasteiger charge is -2.03. The second kappa shape index (κ2) is 3.68. The highest BCUT2D eigenvalue weighted by Crippen LogP contribution is 2.32. The molecular weight excluding hydrogens is 230 g/mol. The molecule has 0 unspecified atom stereocenters. The van der Waals surface area contributed by atoms with Crippen LogP contribution in [0.1, 0.15) is 11.4 Å². The summed E-state index contributed by atoms with van der Waals surface area (Å²) in [5, 5.41) is 11.4. The Bertz CT molecular complexity index is 598. The van der Waals surface area contributed by atoms with E-state index in [4.69, 9.17) is 11.6 Å². The van der Waals surface area contributed by atoms with Crippen molar-refractivity contribution in [1.82, 2.24) is 9.97 Å². The maximum absolute atomic E-state index is 10.8. The molecule has 2 rings (SSSR count). The molecule has 2 aromatic rings. The molecule has 16 heavy (non-hydrogen) atoms. The predicted molar refractivity (Wildman–Crippen MR) is 60.7 cm³/mol. The second-order valence-corrected chi connectivity index (χ2v) is 3.82. The molecule has 82 valence electrons. The average Bonchev–Trinajstić information content (AvgIpc) is 2.15. The largest absolute Gasteiger partial charge is 0.309 e. The highest BCUT2D eigenvalue weighted by atomic mass is 35.5. The molecule has 0 aromatic carbocycles. The molecule has 5 nitrogen and oxygen atoms in total. The Morgan fingerprint density at radius 1 is 1.31 bits per heavy atom. The Morgan fingerprint density at radius 2 is 2.00 bits per heavy atom. The van der Waals surface area contributed by atoms with E-state index in [9.17, 15) is 10.1 Å². The molecule has 2 heterocycles. The van der Waals surface area contributed by atoms with Crippen molar-refractivity contribution in [2.24, 2.45) is 0 Å². The lowest BCUT2D eigenvalue weighted by Crippen LogP contribution is -1.98. The van der Waals surface area contributed by atoms with Gasteiger partial charge in [-0.3, -0.25) is 10.1 Å². The van der Waals surface area contributed by atoms with Crippen LogP contribution >= 0.6 is 11.6 Å². The van der Waals surface area contributed by atoms with Crippen LogP contribution in [0.4, 0.5) is 5.69 Å². The first-order chi connectivity index (χ1) is 7.50. The van der Waals surface area contributed by atoms with Crippen LogP contribution < -0.4 is 0 Å². The zero-order valence-corrected chi connectivity index (χ0v) is 9.45. The molecule has 0 aliphatic carbocycles. The second-order valence-electron chi connectivity index (χ2n) is 3.44. The Morgan fingerprint density at radius 3 is 2.62 bits per heavy atom. The number of nitrogens with zero attached hydrogens (tertiary/aromatic N) is 3. The fourth-order valence-electron chi connectivity index (χ4n) is 1.51. The number of aryl methyl sites for hydroxylation is 2. The normalized spacial score (nSPS) is 10.7. The van der Waals surface area contributed by atoms with E-state index in [1.165, 1.54) is 0 Å². The Hall–Kier alpha value is -1.75. The number of pyridine rings is 2. The quantitative estimate of drug-likeness (QED) is 0.565. The molecule has 0 atom stereocenters. The molecule has 0 radical (unpaired) electrons. The number of fused-ring (bicyclic) bond motifs is 1. The van der Waals surface area contributed by atoms with Gasteiger partial charge >= 0.3 is 5.69 Å². The molecule has 0 aliphatic rings. The van der Waals surface area contributed by atoms with Crippen molar-refractivity contribution < 1.29 is 4.92 Å². The van der Waals surface area contributed by atoms with E-state index in [2.05, 4.69) is 9.97 Å². The highest BCUT2D eigenvalue weighted by molar-refractivity contribution is 6.37. The molecule has 0 saturated heterocycles. The Kier molecular flexibility index (Phi) is 2.47. The van der Waals surface area contributed by atoms with Crippen LogP contribution in [0.15, 0.2) is 12.1 Å². The zero-order valence-electron chi connectivity index (χ0n) is 8.69. The van der Waals surface area contributed by atoms with Crippen molar-refractivity contribution in [3.8, 4) is 0 Å². The van der Waals surface area contributed by atoms with Crippen molar-refractivity contribution in [3.05, 3.63) is 38.7 Å². The van der Waals surface area contributed by atoms with Crippen LogP contribution in [0.5, 0.6) is 0 Å². The number of rotatable bonds is 1. The number of halogens is 1. The third-order valence-electron chi connectivity index (χ3n) is 2.26. The molecule has 0 bridgehead atoms. The van der Waals surface area contributed by atoms with E-state index >= 15 is 0 Å². The summed E-state index contributed by atoms with van der Waals surface area (Å²) in [4.78, 5) is 18.6. The third kappa shape index (κ3) is 1.59. The summed E-state index contributed by atoms with van der Waals surface area (Å²) >= 11 is 5.97. The summed E-state index contributed by atoms with van der Waals surface area (Å²) in [6, 6.07) is 3.44. The highest BCUT2D eigenvalue weighted by Gasteiger charge is 2.21. The maximum Gasteiger partial charge on any atom is 0.309 e. The Balaban J connectivity index is 2.89. The van der Waals surface area contributed by atoms with E-state index in [0.717, 1.165) is 5.69 Å². The summed E-state index contributed by atoms with van der Waals surface area (Å²) < 4.78 is 0. The van der Waals surface area contributed by atoms with Crippen molar-refractivity contribution in [3.63, 3.8) is 0 Å². The average molecular weight is 238 g/mol. The molecule has 0 spiro atoms. The van der Waals surface area contributed by atoms with Gasteiger partial charge in [0.25, 0.3) is 0 Å². The van der Waals surface area contributed by atoms with E-state index < -0.39 is 4.92 Å². The fourth-order valence-corrected chi connectivity index (χ4v) is 1.86. The van der Waals surface area contributed by atoms with Gasteiger partial charge in [-0.2, -0.15) is 0 Å². The minimum Gasteiger partial charge on any atom is -0.258 e. The Labute approximate surface area is 96.2 Å². The summed E-state index contributed by atoms with van der Waals surface area (Å²) in [6.07, 6.45) is 0. The van der Waals surface area contributed by atoms with Gasteiger partial charge in [-0.05, 0) is 26.0 Å². The van der Waals surface area contributed by atoms with Gasteiger partial charge in [0.05, 0.1) is 4.92 Å². The van der Waals surface area contributed by atoms with Gasteiger partial charge in [-0.1, -0.05) is 11.6 Å². The summed E-state index contributed by atoms with van der Waals surface area (Å²) in [7, 11) is 0. The van der Waals surface area contributed by atoms with Crippen LogP contribution in [0.25, 0.3) is 11.0 Å². The molecule has 6 heteroatoms. The fraction of sp³-hybridized carbons (Fsp3) is 0.200. The van der Waals surface area contributed by atoms with Crippen molar-refractivity contribution >= 4 is 28.3 Å². The third-order valence-corrected chi connectivity index (χ3v) is 2.64. The first kappa shape index (κ1) is 10.8. The molecule has 0 fully saturated rings. The van der Waals surface area contributed by atoms with Crippen molar-refractivity contribution in [2.75, 3.05) is 0 Å². The van der Waals surface area contributed by atoms with Crippen LogP contribution in [-0.4, -0.2) is 14.9 Å². The topological polar surface area (TPSA) is 68.9 Å². The first-order valence-corrected chi connectivity index (χ1v) is 4.96. The SMILES string of the molecule is Cc1ccc2c(Cl)c([N+](=O)[O-])c(C)nc2n1. The van der Waals surface area contributed by atoms with Gasteiger partial charge in [-0.15, -0.1) is 0 Å². The first-order valence-electron chi connectivity index (χ1n) is 4.58. The summed E-state index contributed by atoms with van der Waals surface area (Å²) in [5.41, 5.74) is 1.36. The summed E-state index contributed by atoms with van der Waals surface area (Å²) in [6.45, 7) is 3.37.